The van der Waals surface area contributed by atoms with Gasteiger partial charge in [0.25, 0.3) is 0 Å². The summed E-state index contributed by atoms with van der Waals surface area (Å²) in [6, 6.07) is 4.45. The predicted molar refractivity (Wildman–Crippen MR) is 109 cm³/mol. The molecule has 2 aliphatic rings. The standard InChI is InChI=1S/C21H25ClN6O/c1-13(11-18-24-21(29-27-18)15-3-2-4-16(22)12-15)19-25-26-20(28(19)17-5-6-17)14-7-9-23-10-8-14/h7-10,13,15-17H,2-6,11-12H2,1H3/t13?,15?,16-/m1/s1. The Morgan fingerprint density at radius 2 is 2.00 bits per heavy atom. The number of alkyl halides is 1. The lowest BCUT2D eigenvalue weighted by Gasteiger charge is -2.22. The second-order valence-corrected chi connectivity index (χ2v) is 8.95. The topological polar surface area (TPSA) is 82.5 Å². The van der Waals surface area contributed by atoms with E-state index in [2.05, 4.69) is 36.8 Å². The molecule has 0 aromatic carbocycles. The molecule has 2 fully saturated rings. The van der Waals surface area contributed by atoms with E-state index in [1.807, 2.05) is 12.1 Å². The zero-order chi connectivity index (χ0) is 19.8. The average molecular weight is 413 g/mol. The molecule has 2 aliphatic carbocycles. The van der Waals surface area contributed by atoms with Gasteiger partial charge in [-0.1, -0.05) is 18.5 Å². The summed E-state index contributed by atoms with van der Waals surface area (Å²) in [6.45, 7) is 2.16. The molecule has 5 rings (SSSR count). The summed E-state index contributed by atoms with van der Waals surface area (Å²) in [7, 11) is 0. The first-order valence-electron chi connectivity index (χ1n) is 10.5. The fourth-order valence-corrected chi connectivity index (χ4v) is 4.64. The van der Waals surface area contributed by atoms with Crippen LogP contribution in [-0.4, -0.2) is 35.3 Å². The lowest BCUT2D eigenvalue weighted by atomic mass is 9.89. The molecule has 8 heteroatoms. The van der Waals surface area contributed by atoms with Gasteiger partial charge < -0.3 is 9.09 Å². The minimum Gasteiger partial charge on any atom is -0.339 e. The molecule has 0 N–H and O–H groups in total. The van der Waals surface area contributed by atoms with E-state index in [0.29, 0.717) is 12.5 Å². The number of halogens is 1. The fraction of sp³-hybridized carbons (Fsp3) is 0.571. The van der Waals surface area contributed by atoms with Crippen molar-refractivity contribution in [1.29, 1.82) is 0 Å². The van der Waals surface area contributed by atoms with E-state index in [9.17, 15) is 0 Å². The van der Waals surface area contributed by atoms with E-state index in [-0.39, 0.29) is 17.2 Å². The molecule has 29 heavy (non-hydrogen) atoms. The summed E-state index contributed by atoms with van der Waals surface area (Å²) in [4.78, 5) is 8.80. The summed E-state index contributed by atoms with van der Waals surface area (Å²) in [5.74, 6) is 3.82. The lowest BCUT2D eigenvalue weighted by molar-refractivity contribution is 0.313. The summed E-state index contributed by atoms with van der Waals surface area (Å²) in [5, 5.41) is 13.5. The molecule has 0 radical (unpaired) electrons. The number of rotatable bonds is 6. The van der Waals surface area contributed by atoms with Crippen molar-refractivity contribution in [3.63, 3.8) is 0 Å². The number of pyridine rings is 1. The normalized spacial score (nSPS) is 23.2. The smallest absolute Gasteiger partial charge is 0.229 e. The molecule has 152 valence electrons. The van der Waals surface area contributed by atoms with Gasteiger partial charge in [0, 0.05) is 47.6 Å². The summed E-state index contributed by atoms with van der Waals surface area (Å²) in [6.07, 6.45) is 10.8. The van der Waals surface area contributed by atoms with Crippen molar-refractivity contribution in [3.8, 4) is 11.4 Å². The molecule has 3 aromatic rings. The first-order valence-corrected chi connectivity index (χ1v) is 10.9. The Morgan fingerprint density at radius 1 is 1.17 bits per heavy atom. The third-order valence-corrected chi connectivity index (χ3v) is 6.34. The molecule has 3 aromatic heterocycles. The van der Waals surface area contributed by atoms with E-state index in [4.69, 9.17) is 16.1 Å². The number of aromatic nitrogens is 6. The monoisotopic (exact) mass is 412 g/mol. The minimum atomic E-state index is 0.149. The first kappa shape index (κ1) is 18.7. The van der Waals surface area contributed by atoms with Crippen LogP contribution in [0.3, 0.4) is 0 Å². The Labute approximate surface area is 174 Å². The molecule has 0 aliphatic heterocycles. The maximum Gasteiger partial charge on any atom is 0.229 e. The van der Waals surface area contributed by atoms with E-state index >= 15 is 0 Å². The SMILES string of the molecule is CC(Cc1noc(C2CCC[C@@H](Cl)C2)n1)c1nnc(-c2ccncc2)n1C1CC1. The third kappa shape index (κ3) is 3.92. The Hall–Kier alpha value is -2.28. The van der Waals surface area contributed by atoms with Crippen LogP contribution in [0.2, 0.25) is 0 Å². The van der Waals surface area contributed by atoms with Gasteiger partial charge in [0.05, 0.1) is 0 Å². The molecule has 2 saturated carbocycles. The van der Waals surface area contributed by atoms with Gasteiger partial charge in [-0.25, -0.2) is 0 Å². The highest BCUT2D eigenvalue weighted by Gasteiger charge is 2.32. The van der Waals surface area contributed by atoms with Crippen LogP contribution >= 0.6 is 11.6 Å². The van der Waals surface area contributed by atoms with Gasteiger partial charge in [0.1, 0.15) is 5.82 Å². The van der Waals surface area contributed by atoms with Crippen molar-refractivity contribution >= 4 is 11.6 Å². The molecule has 0 bridgehead atoms. The highest BCUT2D eigenvalue weighted by Crippen LogP contribution is 2.40. The van der Waals surface area contributed by atoms with E-state index in [1.54, 1.807) is 12.4 Å². The largest absolute Gasteiger partial charge is 0.339 e. The quantitative estimate of drug-likeness (QED) is 0.547. The van der Waals surface area contributed by atoms with Crippen molar-refractivity contribution in [2.45, 2.75) is 75.1 Å². The van der Waals surface area contributed by atoms with Crippen LogP contribution in [0.1, 0.15) is 80.9 Å². The zero-order valence-corrected chi connectivity index (χ0v) is 17.3. The Morgan fingerprint density at radius 3 is 2.76 bits per heavy atom. The summed E-state index contributed by atoms with van der Waals surface area (Å²) < 4.78 is 7.88. The minimum absolute atomic E-state index is 0.149. The summed E-state index contributed by atoms with van der Waals surface area (Å²) in [5.41, 5.74) is 1.05. The van der Waals surface area contributed by atoms with Crippen molar-refractivity contribution < 1.29 is 4.52 Å². The predicted octanol–water partition coefficient (Wildman–Crippen LogP) is 4.67. The van der Waals surface area contributed by atoms with Crippen LogP contribution in [0.5, 0.6) is 0 Å². The van der Waals surface area contributed by atoms with Crippen LogP contribution < -0.4 is 0 Å². The van der Waals surface area contributed by atoms with Gasteiger partial charge in [0.2, 0.25) is 5.89 Å². The van der Waals surface area contributed by atoms with E-state index < -0.39 is 0 Å². The van der Waals surface area contributed by atoms with Crippen molar-refractivity contribution in [1.82, 2.24) is 29.9 Å². The second kappa shape index (κ2) is 7.86. The van der Waals surface area contributed by atoms with Crippen LogP contribution in [-0.2, 0) is 6.42 Å². The van der Waals surface area contributed by atoms with Crippen LogP contribution in [0.15, 0.2) is 29.0 Å². The molecule has 0 amide bonds. The van der Waals surface area contributed by atoms with Gasteiger partial charge in [-0.3, -0.25) is 4.98 Å². The van der Waals surface area contributed by atoms with E-state index in [1.165, 1.54) is 12.8 Å². The molecule has 3 atom stereocenters. The molecule has 0 saturated heterocycles. The van der Waals surface area contributed by atoms with Gasteiger partial charge in [0.15, 0.2) is 11.6 Å². The van der Waals surface area contributed by atoms with Crippen LogP contribution in [0.4, 0.5) is 0 Å². The third-order valence-electron chi connectivity index (χ3n) is 5.95. The second-order valence-electron chi connectivity index (χ2n) is 8.33. The number of nitrogens with zero attached hydrogens (tertiary/aromatic N) is 6. The Balaban J connectivity index is 1.35. The zero-order valence-electron chi connectivity index (χ0n) is 16.5. The Kier molecular flexibility index (Phi) is 5.08. The van der Waals surface area contributed by atoms with E-state index in [0.717, 1.165) is 54.6 Å². The molecule has 0 spiro atoms. The van der Waals surface area contributed by atoms with Gasteiger partial charge in [-0.15, -0.1) is 21.8 Å². The van der Waals surface area contributed by atoms with Crippen LogP contribution in [0, 0.1) is 0 Å². The highest BCUT2D eigenvalue weighted by atomic mass is 35.5. The number of hydrogen-bond acceptors (Lipinski definition) is 6. The molecular weight excluding hydrogens is 388 g/mol. The molecule has 2 unspecified atom stereocenters. The Bertz CT molecular complexity index is 967. The fourth-order valence-electron chi connectivity index (χ4n) is 4.27. The number of hydrogen-bond donors (Lipinski definition) is 0. The van der Waals surface area contributed by atoms with Crippen molar-refractivity contribution in [2.24, 2.45) is 0 Å². The summed E-state index contributed by atoms with van der Waals surface area (Å²) >= 11 is 6.33. The molecule has 7 nitrogen and oxygen atoms in total. The van der Waals surface area contributed by atoms with Crippen LogP contribution in [0.25, 0.3) is 11.4 Å². The molecular formula is C21H25ClN6O. The van der Waals surface area contributed by atoms with Gasteiger partial charge in [-0.05, 0) is 44.2 Å². The van der Waals surface area contributed by atoms with Gasteiger partial charge >= 0.3 is 0 Å². The van der Waals surface area contributed by atoms with Gasteiger partial charge in [-0.2, -0.15) is 4.98 Å². The average Bonchev–Trinajstić information content (AvgIpc) is 3.30. The highest BCUT2D eigenvalue weighted by molar-refractivity contribution is 6.20. The molecule has 3 heterocycles. The van der Waals surface area contributed by atoms with Crippen molar-refractivity contribution in [2.75, 3.05) is 0 Å². The van der Waals surface area contributed by atoms with Crippen molar-refractivity contribution in [3.05, 3.63) is 42.1 Å². The maximum absolute atomic E-state index is 6.33. The first-order chi connectivity index (χ1) is 14.2. The lowest BCUT2D eigenvalue weighted by Crippen LogP contribution is -2.14. The maximum atomic E-state index is 6.33.